The summed E-state index contributed by atoms with van der Waals surface area (Å²) in [6, 6.07) is 22.9. The minimum absolute atomic E-state index is 0.0928. The van der Waals surface area contributed by atoms with Crippen molar-refractivity contribution < 1.29 is 9.53 Å². The van der Waals surface area contributed by atoms with Gasteiger partial charge in [-0.25, -0.2) is 0 Å². The number of fused-ring (bicyclic) bond motifs is 2. The maximum Gasteiger partial charge on any atom is 0.252 e. The summed E-state index contributed by atoms with van der Waals surface area (Å²) in [4.78, 5) is 12.7. The molecule has 0 saturated carbocycles. The van der Waals surface area contributed by atoms with Gasteiger partial charge in [0.1, 0.15) is 11.5 Å². The van der Waals surface area contributed by atoms with E-state index in [1.807, 2.05) is 79.7 Å². The molecule has 3 aromatic rings. The molecule has 1 heterocycles. The van der Waals surface area contributed by atoms with Crippen LogP contribution in [-0.2, 0) is 0 Å². The van der Waals surface area contributed by atoms with Crippen LogP contribution in [0.5, 0.6) is 11.5 Å². The molecule has 3 heteroatoms. The van der Waals surface area contributed by atoms with E-state index in [2.05, 4.69) is 5.32 Å². The summed E-state index contributed by atoms with van der Waals surface area (Å²) in [5.74, 6) is 1.52. The van der Waals surface area contributed by atoms with Crippen LogP contribution in [0.15, 0.2) is 72.8 Å². The number of para-hydroxylation sites is 2. The zero-order chi connectivity index (χ0) is 16.5. The molecule has 0 radical (unpaired) electrons. The molecule has 3 aromatic carbocycles. The first-order valence-corrected chi connectivity index (χ1v) is 7.96. The molecule has 1 N–H and O–H groups in total. The number of hydrogen-bond acceptors (Lipinski definition) is 2. The predicted molar refractivity (Wildman–Crippen MR) is 93.4 cm³/mol. The Bertz CT molecular complexity index is 903. The number of carbonyl (C=O) groups is 1. The van der Waals surface area contributed by atoms with Gasteiger partial charge in [-0.05, 0) is 30.7 Å². The van der Waals surface area contributed by atoms with Crippen LogP contribution in [0.4, 0.5) is 0 Å². The summed E-state index contributed by atoms with van der Waals surface area (Å²) >= 11 is 0. The Morgan fingerprint density at radius 3 is 2.42 bits per heavy atom. The van der Waals surface area contributed by atoms with Gasteiger partial charge in [-0.3, -0.25) is 4.79 Å². The number of rotatable bonds is 2. The van der Waals surface area contributed by atoms with Gasteiger partial charge in [0.15, 0.2) is 0 Å². The lowest BCUT2D eigenvalue weighted by Crippen LogP contribution is -2.31. The van der Waals surface area contributed by atoms with Crippen molar-refractivity contribution in [3.8, 4) is 11.5 Å². The Labute approximate surface area is 140 Å². The number of nitrogens with one attached hydrogen (secondary N) is 1. The second-order valence-electron chi connectivity index (χ2n) is 5.91. The fourth-order valence-corrected chi connectivity index (χ4v) is 3.09. The van der Waals surface area contributed by atoms with Crippen LogP contribution < -0.4 is 10.1 Å². The first kappa shape index (κ1) is 14.5. The van der Waals surface area contributed by atoms with Crippen molar-refractivity contribution in [2.45, 2.75) is 13.0 Å². The number of ether oxygens (including phenoxy) is 1. The summed E-state index contributed by atoms with van der Waals surface area (Å²) in [5.41, 5.74) is 3.66. The maximum atomic E-state index is 12.7. The van der Waals surface area contributed by atoms with Gasteiger partial charge in [-0.1, -0.05) is 54.6 Å². The Kier molecular flexibility index (Phi) is 3.54. The van der Waals surface area contributed by atoms with Crippen LogP contribution in [0.1, 0.15) is 33.1 Å². The molecule has 1 atom stereocenters. The second-order valence-corrected chi connectivity index (χ2v) is 5.91. The van der Waals surface area contributed by atoms with Gasteiger partial charge in [0.2, 0.25) is 0 Å². The molecule has 24 heavy (non-hydrogen) atoms. The Balaban J connectivity index is 1.77. The zero-order valence-electron chi connectivity index (χ0n) is 13.3. The number of benzene rings is 3. The molecule has 0 fully saturated rings. The first-order chi connectivity index (χ1) is 11.7. The monoisotopic (exact) mass is 315 g/mol. The maximum absolute atomic E-state index is 12.7. The van der Waals surface area contributed by atoms with E-state index < -0.39 is 0 Å². The first-order valence-electron chi connectivity index (χ1n) is 7.96. The number of hydrogen-bond donors (Lipinski definition) is 1. The lowest BCUT2D eigenvalue weighted by molar-refractivity contribution is 0.0941. The highest BCUT2D eigenvalue weighted by Crippen LogP contribution is 2.44. The van der Waals surface area contributed by atoms with E-state index in [0.29, 0.717) is 5.56 Å². The predicted octanol–water partition coefficient (Wildman–Crippen LogP) is 4.62. The van der Waals surface area contributed by atoms with Crippen molar-refractivity contribution in [3.63, 3.8) is 0 Å². The third-order valence-electron chi connectivity index (χ3n) is 4.31. The third-order valence-corrected chi connectivity index (χ3v) is 4.31. The number of amides is 1. The Morgan fingerprint density at radius 2 is 1.58 bits per heavy atom. The largest absolute Gasteiger partial charge is 0.456 e. The molecular weight excluding hydrogens is 298 g/mol. The van der Waals surface area contributed by atoms with Gasteiger partial charge in [0, 0.05) is 16.7 Å². The van der Waals surface area contributed by atoms with Crippen molar-refractivity contribution in [3.05, 3.63) is 95.1 Å². The lowest BCUT2D eigenvalue weighted by Gasteiger charge is -2.29. The van der Waals surface area contributed by atoms with Crippen LogP contribution in [0, 0.1) is 6.92 Å². The molecule has 0 spiro atoms. The van der Waals surface area contributed by atoms with E-state index in [9.17, 15) is 4.79 Å². The van der Waals surface area contributed by atoms with E-state index in [4.69, 9.17) is 4.74 Å². The van der Waals surface area contributed by atoms with Gasteiger partial charge >= 0.3 is 0 Å². The van der Waals surface area contributed by atoms with Crippen molar-refractivity contribution >= 4 is 5.91 Å². The Hall–Kier alpha value is -3.07. The quantitative estimate of drug-likeness (QED) is 0.749. The summed E-state index contributed by atoms with van der Waals surface area (Å²) in [6.07, 6.45) is 0. The van der Waals surface area contributed by atoms with E-state index >= 15 is 0 Å². The molecule has 1 aliphatic heterocycles. The summed E-state index contributed by atoms with van der Waals surface area (Å²) < 4.78 is 6.07. The molecule has 0 saturated heterocycles. The molecule has 3 nitrogen and oxygen atoms in total. The highest BCUT2D eigenvalue weighted by molar-refractivity contribution is 5.94. The minimum Gasteiger partial charge on any atom is -0.456 e. The molecule has 1 unspecified atom stereocenters. The molecule has 1 amide bonds. The topological polar surface area (TPSA) is 38.3 Å². The van der Waals surface area contributed by atoms with Crippen molar-refractivity contribution in [1.82, 2.24) is 5.32 Å². The van der Waals surface area contributed by atoms with Gasteiger partial charge < -0.3 is 10.1 Å². The van der Waals surface area contributed by atoms with Crippen LogP contribution in [0.3, 0.4) is 0 Å². The van der Waals surface area contributed by atoms with Crippen LogP contribution >= 0.6 is 0 Å². The molecular formula is C21H17NO2. The summed E-state index contributed by atoms with van der Waals surface area (Å²) in [6.45, 7) is 2.02. The third kappa shape index (κ3) is 2.44. The second kappa shape index (κ2) is 5.85. The minimum atomic E-state index is -0.224. The SMILES string of the molecule is Cc1cccc2c1Oc1ccccc1C2NC(=O)c1ccccc1. The summed E-state index contributed by atoms with van der Waals surface area (Å²) in [5, 5.41) is 3.16. The van der Waals surface area contributed by atoms with E-state index in [1.54, 1.807) is 0 Å². The molecule has 1 aliphatic rings. The van der Waals surface area contributed by atoms with E-state index in [-0.39, 0.29) is 11.9 Å². The molecule has 0 bridgehead atoms. The van der Waals surface area contributed by atoms with Crippen LogP contribution in [-0.4, -0.2) is 5.91 Å². The van der Waals surface area contributed by atoms with Gasteiger partial charge in [0.25, 0.3) is 5.91 Å². The number of carbonyl (C=O) groups excluding carboxylic acids is 1. The van der Waals surface area contributed by atoms with Crippen molar-refractivity contribution in [2.75, 3.05) is 0 Å². The normalized spacial score (nSPS) is 15.0. The fraction of sp³-hybridized carbons (Fsp3) is 0.0952. The fourth-order valence-electron chi connectivity index (χ4n) is 3.09. The molecule has 4 rings (SSSR count). The molecule has 0 aromatic heterocycles. The van der Waals surface area contributed by atoms with Gasteiger partial charge in [-0.15, -0.1) is 0 Å². The van der Waals surface area contributed by atoms with Crippen LogP contribution in [0.2, 0.25) is 0 Å². The smallest absolute Gasteiger partial charge is 0.252 e. The highest BCUT2D eigenvalue weighted by Gasteiger charge is 2.29. The van der Waals surface area contributed by atoms with Gasteiger partial charge in [-0.2, -0.15) is 0 Å². The van der Waals surface area contributed by atoms with Gasteiger partial charge in [0.05, 0.1) is 6.04 Å². The Morgan fingerprint density at radius 1 is 0.875 bits per heavy atom. The number of aryl methyl sites for hydroxylation is 1. The standard InChI is InChI=1S/C21H17NO2/c1-14-8-7-12-17-19(22-21(23)15-9-3-2-4-10-15)16-11-5-6-13-18(16)24-20(14)17/h2-13,19H,1H3,(H,22,23). The summed E-state index contributed by atoms with van der Waals surface area (Å²) in [7, 11) is 0. The average Bonchev–Trinajstić information content (AvgIpc) is 2.63. The zero-order valence-corrected chi connectivity index (χ0v) is 13.3. The van der Waals surface area contributed by atoms with Crippen LogP contribution in [0.25, 0.3) is 0 Å². The molecule has 0 aliphatic carbocycles. The average molecular weight is 315 g/mol. The van der Waals surface area contributed by atoms with E-state index in [0.717, 1.165) is 28.2 Å². The van der Waals surface area contributed by atoms with Crippen molar-refractivity contribution in [2.24, 2.45) is 0 Å². The highest BCUT2D eigenvalue weighted by atomic mass is 16.5. The lowest BCUT2D eigenvalue weighted by atomic mass is 9.92. The molecule has 118 valence electrons. The van der Waals surface area contributed by atoms with Crippen molar-refractivity contribution in [1.29, 1.82) is 0 Å². The van der Waals surface area contributed by atoms with E-state index in [1.165, 1.54) is 0 Å².